The summed E-state index contributed by atoms with van der Waals surface area (Å²) in [5, 5.41) is 8.22. The normalized spacial score (nSPS) is 9.15. The molecule has 0 heterocycles. The van der Waals surface area contributed by atoms with Crippen molar-refractivity contribution >= 4 is 5.97 Å². The second kappa shape index (κ2) is 4.40. The molecule has 0 aromatic heterocycles. The second-order valence-electron chi connectivity index (χ2n) is 1.96. The van der Waals surface area contributed by atoms with Gasteiger partial charge in [0.2, 0.25) is 0 Å². The van der Waals surface area contributed by atoms with Gasteiger partial charge in [0.15, 0.2) is 0 Å². The van der Waals surface area contributed by atoms with Crippen molar-refractivity contribution in [2.24, 2.45) is 0 Å². The smallest absolute Gasteiger partial charge is 0.250 e. The van der Waals surface area contributed by atoms with Gasteiger partial charge in [0.1, 0.15) is 0 Å². The van der Waals surface area contributed by atoms with E-state index in [1.54, 1.807) is 0 Å². The Kier molecular flexibility index (Phi) is 4.11. The van der Waals surface area contributed by atoms with Crippen LogP contribution in [-0.4, -0.2) is 11.1 Å². The number of carboxylic acids is 1. The third kappa shape index (κ3) is 2.54. The van der Waals surface area contributed by atoms with Crippen molar-refractivity contribution < 1.29 is 43.5 Å². The third-order valence-electron chi connectivity index (χ3n) is 1.15. The van der Waals surface area contributed by atoms with Gasteiger partial charge >= 0.3 is 0 Å². The van der Waals surface area contributed by atoms with Gasteiger partial charge in [-0.15, -0.1) is 0 Å². The van der Waals surface area contributed by atoms with E-state index in [0.29, 0.717) is 0 Å². The SMILES string of the molecule is O=C(O)c1[c-]c(F)c(F)cc1F.[Re]. The number of carboxylic acid groups (broad SMARTS) is 1. The van der Waals surface area contributed by atoms with Crippen LogP contribution in [0.5, 0.6) is 0 Å². The summed E-state index contributed by atoms with van der Waals surface area (Å²) in [5.74, 6) is -6.00. The first-order valence-corrected chi connectivity index (χ1v) is 2.82. The van der Waals surface area contributed by atoms with E-state index in [1.165, 1.54) is 6.07 Å². The maximum absolute atomic E-state index is 12.5. The molecule has 0 saturated carbocycles. The molecule has 2 nitrogen and oxygen atoms in total. The Morgan fingerprint density at radius 1 is 1.31 bits per heavy atom. The monoisotopic (exact) mass is 362 g/mol. The van der Waals surface area contributed by atoms with Gasteiger partial charge < -0.3 is 9.90 Å². The van der Waals surface area contributed by atoms with E-state index < -0.39 is 29.0 Å². The average Bonchev–Trinajstić information content (AvgIpc) is 1.96. The molecule has 0 aliphatic heterocycles. The number of hydrogen-bond donors (Lipinski definition) is 1. The summed E-state index contributed by atoms with van der Waals surface area (Å²) >= 11 is 0. The molecule has 0 saturated heterocycles. The van der Waals surface area contributed by atoms with Crippen LogP contribution in [0.4, 0.5) is 13.2 Å². The summed E-state index contributed by atoms with van der Waals surface area (Å²) in [7, 11) is 0. The van der Waals surface area contributed by atoms with Crippen LogP contribution < -0.4 is 0 Å². The van der Waals surface area contributed by atoms with Gasteiger partial charge in [-0.3, -0.25) is 8.78 Å². The molecule has 1 aromatic carbocycles. The van der Waals surface area contributed by atoms with Crippen LogP contribution in [0, 0.1) is 23.5 Å². The molecule has 0 unspecified atom stereocenters. The van der Waals surface area contributed by atoms with Gasteiger partial charge in [-0.2, -0.15) is 0 Å². The number of halogens is 3. The molecular formula is C7H2F3O2Re-. The molecule has 1 aromatic rings. The molecule has 0 aliphatic carbocycles. The van der Waals surface area contributed by atoms with Gasteiger partial charge in [0.25, 0.3) is 5.97 Å². The van der Waals surface area contributed by atoms with E-state index in [9.17, 15) is 18.0 Å². The summed E-state index contributed by atoms with van der Waals surface area (Å²) in [6.45, 7) is 0. The van der Waals surface area contributed by atoms with Crippen LogP contribution in [0.15, 0.2) is 6.07 Å². The molecule has 0 atom stereocenters. The summed E-state index contributed by atoms with van der Waals surface area (Å²) in [6.07, 6.45) is 0. The molecule has 0 bridgehead atoms. The van der Waals surface area contributed by atoms with Gasteiger partial charge in [-0.25, -0.2) is 4.39 Å². The minimum absolute atomic E-state index is 0. The first kappa shape index (κ1) is 12.1. The fraction of sp³-hybridized carbons (Fsp3) is 0. The summed E-state index contributed by atoms with van der Waals surface area (Å²) in [6, 6.07) is 1.59. The Morgan fingerprint density at radius 2 is 1.85 bits per heavy atom. The zero-order valence-corrected chi connectivity index (χ0v) is 8.66. The molecular weight excluding hydrogens is 359 g/mol. The Morgan fingerprint density at radius 3 is 2.31 bits per heavy atom. The molecule has 0 spiro atoms. The van der Waals surface area contributed by atoms with Crippen molar-refractivity contribution in [1.29, 1.82) is 0 Å². The van der Waals surface area contributed by atoms with Crippen LogP contribution in [0.25, 0.3) is 0 Å². The topological polar surface area (TPSA) is 37.3 Å². The zero-order chi connectivity index (χ0) is 9.30. The first-order chi connectivity index (χ1) is 5.52. The Balaban J connectivity index is 0.00000144. The molecule has 71 valence electrons. The van der Waals surface area contributed by atoms with E-state index in [1.807, 2.05) is 0 Å². The third-order valence-corrected chi connectivity index (χ3v) is 1.15. The minimum atomic E-state index is -1.69. The second-order valence-corrected chi connectivity index (χ2v) is 1.96. The number of rotatable bonds is 1. The standard InChI is InChI=1S/C7H2F3O2.Re/c8-4-2-6(10)5(9)1-3(4)7(11)12;/h2H,(H,11,12);/q-1;. The van der Waals surface area contributed by atoms with Gasteiger partial charge in [-0.1, -0.05) is 12.1 Å². The molecule has 0 fully saturated rings. The van der Waals surface area contributed by atoms with Crippen molar-refractivity contribution in [3.05, 3.63) is 35.1 Å². The van der Waals surface area contributed by atoms with E-state index in [-0.39, 0.29) is 26.5 Å². The number of hydrogen-bond acceptors (Lipinski definition) is 1. The molecule has 0 aliphatic rings. The largest absolute Gasteiger partial charge is 0.521 e. The Hall–Kier alpha value is -0.858. The van der Waals surface area contributed by atoms with Crippen molar-refractivity contribution in [1.82, 2.24) is 0 Å². The van der Waals surface area contributed by atoms with E-state index in [0.717, 1.165) is 0 Å². The maximum Gasteiger partial charge on any atom is 0.250 e. The average molecular weight is 361 g/mol. The van der Waals surface area contributed by atoms with E-state index in [4.69, 9.17) is 5.11 Å². The summed E-state index contributed by atoms with van der Waals surface area (Å²) in [5.41, 5.74) is -1.01. The molecule has 1 rings (SSSR count). The van der Waals surface area contributed by atoms with Gasteiger partial charge in [-0.05, 0) is 5.56 Å². The van der Waals surface area contributed by atoms with E-state index >= 15 is 0 Å². The van der Waals surface area contributed by atoms with Crippen LogP contribution >= 0.6 is 0 Å². The van der Waals surface area contributed by atoms with Gasteiger partial charge in [0, 0.05) is 26.2 Å². The van der Waals surface area contributed by atoms with Crippen molar-refractivity contribution in [2.75, 3.05) is 0 Å². The van der Waals surface area contributed by atoms with Crippen LogP contribution in [0.1, 0.15) is 10.4 Å². The van der Waals surface area contributed by atoms with Crippen LogP contribution in [0.3, 0.4) is 0 Å². The fourth-order valence-corrected chi connectivity index (χ4v) is 0.632. The molecule has 6 heteroatoms. The fourth-order valence-electron chi connectivity index (χ4n) is 0.632. The van der Waals surface area contributed by atoms with Gasteiger partial charge in [0.05, 0.1) is 11.6 Å². The quantitative estimate of drug-likeness (QED) is 0.610. The number of benzene rings is 1. The maximum atomic E-state index is 12.5. The molecule has 1 N–H and O–H groups in total. The predicted molar refractivity (Wildman–Crippen MR) is 32.1 cm³/mol. The Bertz CT molecular complexity index is 341. The zero-order valence-electron chi connectivity index (χ0n) is 5.94. The first-order valence-electron chi connectivity index (χ1n) is 2.82. The molecule has 13 heavy (non-hydrogen) atoms. The summed E-state index contributed by atoms with van der Waals surface area (Å²) in [4.78, 5) is 10.1. The van der Waals surface area contributed by atoms with Crippen LogP contribution in [-0.2, 0) is 20.4 Å². The summed E-state index contributed by atoms with van der Waals surface area (Å²) < 4.78 is 36.9. The van der Waals surface area contributed by atoms with Crippen molar-refractivity contribution in [2.45, 2.75) is 0 Å². The van der Waals surface area contributed by atoms with Crippen molar-refractivity contribution in [3.8, 4) is 0 Å². The predicted octanol–water partition coefficient (Wildman–Crippen LogP) is 1.60. The molecule has 1 radical (unpaired) electrons. The van der Waals surface area contributed by atoms with Crippen molar-refractivity contribution in [3.63, 3.8) is 0 Å². The minimum Gasteiger partial charge on any atom is -0.521 e. The Labute approximate surface area is 85.0 Å². The molecule has 0 amide bonds. The van der Waals surface area contributed by atoms with Crippen LogP contribution in [0.2, 0.25) is 0 Å². The number of carbonyl (C=O) groups is 1. The van der Waals surface area contributed by atoms with E-state index in [2.05, 4.69) is 0 Å². The number of aromatic carboxylic acids is 1.